The summed E-state index contributed by atoms with van der Waals surface area (Å²) in [5.74, 6) is 1.04. The fraction of sp³-hybridized carbons (Fsp3) is 0.909. The van der Waals surface area contributed by atoms with Gasteiger partial charge in [-0.3, -0.25) is 0 Å². The smallest absolute Gasteiger partial charge is 0.123 e. The Morgan fingerprint density at radius 3 is 2.42 bits per heavy atom. The van der Waals surface area contributed by atoms with Gasteiger partial charge in [0.05, 0.1) is 0 Å². The summed E-state index contributed by atoms with van der Waals surface area (Å²) in [6.07, 6.45) is 6.30. The molecule has 1 nitrogen and oxygen atoms in total. The molecule has 0 N–H and O–H groups in total. The van der Waals surface area contributed by atoms with Crippen LogP contribution in [0.3, 0.4) is 0 Å². The zero-order valence-electron chi connectivity index (χ0n) is 8.47. The van der Waals surface area contributed by atoms with Crippen molar-refractivity contribution >= 4 is 6.29 Å². The molecule has 0 aliphatic heterocycles. The van der Waals surface area contributed by atoms with Crippen molar-refractivity contribution in [3.63, 3.8) is 0 Å². The van der Waals surface area contributed by atoms with Crippen LogP contribution in [0.15, 0.2) is 0 Å². The van der Waals surface area contributed by atoms with E-state index in [9.17, 15) is 4.79 Å². The molecule has 0 saturated heterocycles. The SMILES string of the molecule is CCCCCC1C(C=O)C1(C)C. The average Bonchev–Trinajstić information content (AvgIpc) is 2.54. The highest BCUT2D eigenvalue weighted by Gasteiger charge is 2.56. The van der Waals surface area contributed by atoms with Gasteiger partial charge in [-0.25, -0.2) is 0 Å². The van der Waals surface area contributed by atoms with Crippen LogP contribution in [0.5, 0.6) is 0 Å². The van der Waals surface area contributed by atoms with E-state index in [0.29, 0.717) is 17.3 Å². The minimum absolute atomic E-state index is 0.315. The zero-order chi connectivity index (χ0) is 9.19. The standard InChI is InChI=1S/C11H20O/c1-4-5-6-7-9-10(8-12)11(9,2)3/h8-10H,4-7H2,1-3H3. The molecule has 70 valence electrons. The fourth-order valence-corrected chi connectivity index (χ4v) is 2.22. The molecule has 2 unspecified atom stereocenters. The molecule has 1 aliphatic rings. The Kier molecular flexibility index (Phi) is 2.92. The van der Waals surface area contributed by atoms with Crippen LogP contribution in [0, 0.1) is 17.3 Å². The lowest BCUT2D eigenvalue weighted by molar-refractivity contribution is -0.109. The number of aldehydes is 1. The summed E-state index contributed by atoms with van der Waals surface area (Å²) in [7, 11) is 0. The van der Waals surface area contributed by atoms with Crippen molar-refractivity contribution in [1.29, 1.82) is 0 Å². The van der Waals surface area contributed by atoms with Gasteiger partial charge in [-0.2, -0.15) is 0 Å². The predicted molar refractivity (Wildman–Crippen MR) is 51.0 cm³/mol. The van der Waals surface area contributed by atoms with Gasteiger partial charge in [-0.1, -0.05) is 40.0 Å². The second kappa shape index (κ2) is 3.59. The van der Waals surface area contributed by atoms with Crippen molar-refractivity contribution in [1.82, 2.24) is 0 Å². The third-order valence-corrected chi connectivity index (χ3v) is 3.40. The summed E-state index contributed by atoms with van der Waals surface area (Å²) >= 11 is 0. The first kappa shape index (κ1) is 9.76. The van der Waals surface area contributed by atoms with Crippen LogP contribution < -0.4 is 0 Å². The molecule has 0 amide bonds. The second-order valence-corrected chi connectivity index (χ2v) is 4.59. The summed E-state index contributed by atoms with van der Waals surface area (Å²) in [6, 6.07) is 0. The van der Waals surface area contributed by atoms with E-state index < -0.39 is 0 Å². The Labute approximate surface area is 75.5 Å². The predicted octanol–water partition coefficient (Wildman–Crippen LogP) is 3.04. The third kappa shape index (κ3) is 1.70. The number of carbonyl (C=O) groups excluding carboxylic acids is 1. The number of carbonyl (C=O) groups is 1. The average molecular weight is 168 g/mol. The summed E-state index contributed by atoms with van der Waals surface area (Å²) in [6.45, 7) is 6.64. The van der Waals surface area contributed by atoms with E-state index in [0.717, 1.165) is 6.29 Å². The Balaban J connectivity index is 2.23. The zero-order valence-corrected chi connectivity index (χ0v) is 8.47. The Morgan fingerprint density at radius 1 is 1.33 bits per heavy atom. The fourth-order valence-electron chi connectivity index (χ4n) is 2.22. The van der Waals surface area contributed by atoms with Crippen LogP contribution >= 0.6 is 0 Å². The molecule has 1 rings (SSSR count). The van der Waals surface area contributed by atoms with Crippen LogP contribution in [0.2, 0.25) is 0 Å². The van der Waals surface area contributed by atoms with Crippen molar-refractivity contribution in [2.24, 2.45) is 17.3 Å². The summed E-state index contributed by atoms with van der Waals surface area (Å²) in [4.78, 5) is 10.6. The van der Waals surface area contributed by atoms with Gasteiger partial charge in [0.2, 0.25) is 0 Å². The lowest BCUT2D eigenvalue weighted by Crippen LogP contribution is -1.90. The molecule has 0 radical (unpaired) electrons. The van der Waals surface area contributed by atoms with Gasteiger partial charge >= 0.3 is 0 Å². The van der Waals surface area contributed by atoms with E-state index in [4.69, 9.17) is 0 Å². The van der Waals surface area contributed by atoms with Gasteiger partial charge in [-0.15, -0.1) is 0 Å². The molecule has 0 aromatic rings. The Morgan fingerprint density at radius 2 is 2.00 bits per heavy atom. The van der Waals surface area contributed by atoms with Crippen molar-refractivity contribution in [2.45, 2.75) is 46.5 Å². The van der Waals surface area contributed by atoms with E-state index in [1.54, 1.807) is 0 Å². The maximum Gasteiger partial charge on any atom is 0.123 e. The molecule has 0 spiro atoms. The van der Waals surface area contributed by atoms with Gasteiger partial charge in [0.25, 0.3) is 0 Å². The highest BCUT2D eigenvalue weighted by molar-refractivity contribution is 5.61. The molecule has 0 heterocycles. The Bertz CT molecular complexity index is 160. The molecule has 1 saturated carbocycles. The highest BCUT2D eigenvalue weighted by Crippen LogP contribution is 2.59. The second-order valence-electron chi connectivity index (χ2n) is 4.59. The van der Waals surface area contributed by atoms with Gasteiger partial charge in [-0.05, 0) is 17.8 Å². The van der Waals surface area contributed by atoms with Gasteiger partial charge in [0, 0.05) is 5.92 Å². The van der Waals surface area contributed by atoms with E-state index >= 15 is 0 Å². The molecular formula is C11H20O. The highest BCUT2D eigenvalue weighted by atomic mass is 16.1. The van der Waals surface area contributed by atoms with Gasteiger partial charge < -0.3 is 4.79 Å². The van der Waals surface area contributed by atoms with Crippen LogP contribution in [-0.4, -0.2) is 6.29 Å². The van der Waals surface area contributed by atoms with Crippen LogP contribution in [-0.2, 0) is 4.79 Å². The first-order chi connectivity index (χ1) is 5.64. The lowest BCUT2D eigenvalue weighted by Gasteiger charge is -2.00. The van der Waals surface area contributed by atoms with Gasteiger partial charge in [0.1, 0.15) is 6.29 Å². The first-order valence-corrected chi connectivity index (χ1v) is 5.10. The quantitative estimate of drug-likeness (QED) is 0.455. The molecule has 1 fully saturated rings. The van der Waals surface area contributed by atoms with E-state index in [1.165, 1.54) is 25.7 Å². The topological polar surface area (TPSA) is 17.1 Å². The molecule has 1 heteroatoms. The van der Waals surface area contributed by atoms with Crippen LogP contribution in [0.4, 0.5) is 0 Å². The molecule has 0 bridgehead atoms. The molecular weight excluding hydrogens is 148 g/mol. The first-order valence-electron chi connectivity index (χ1n) is 5.10. The minimum atomic E-state index is 0.315. The van der Waals surface area contributed by atoms with Crippen molar-refractivity contribution in [3.8, 4) is 0 Å². The molecule has 2 atom stereocenters. The number of unbranched alkanes of at least 4 members (excludes halogenated alkanes) is 2. The largest absolute Gasteiger partial charge is 0.303 e. The Hall–Kier alpha value is -0.330. The summed E-state index contributed by atoms with van der Waals surface area (Å²) in [5.41, 5.74) is 0.315. The third-order valence-electron chi connectivity index (χ3n) is 3.40. The van der Waals surface area contributed by atoms with Gasteiger partial charge in [0.15, 0.2) is 0 Å². The van der Waals surface area contributed by atoms with E-state index in [-0.39, 0.29) is 0 Å². The molecule has 0 aromatic heterocycles. The van der Waals surface area contributed by atoms with Crippen molar-refractivity contribution in [3.05, 3.63) is 0 Å². The van der Waals surface area contributed by atoms with E-state index in [2.05, 4.69) is 20.8 Å². The molecule has 12 heavy (non-hydrogen) atoms. The summed E-state index contributed by atoms with van der Waals surface area (Å²) < 4.78 is 0. The molecule has 0 aromatic carbocycles. The maximum atomic E-state index is 10.6. The number of hydrogen-bond acceptors (Lipinski definition) is 1. The van der Waals surface area contributed by atoms with Crippen molar-refractivity contribution < 1.29 is 4.79 Å². The summed E-state index contributed by atoms with van der Waals surface area (Å²) in [5, 5.41) is 0. The lowest BCUT2D eigenvalue weighted by atomic mass is 10.0. The maximum absolute atomic E-state index is 10.6. The molecule has 1 aliphatic carbocycles. The number of hydrogen-bond donors (Lipinski definition) is 0. The van der Waals surface area contributed by atoms with E-state index in [1.807, 2.05) is 0 Å². The van der Waals surface area contributed by atoms with Crippen LogP contribution in [0.25, 0.3) is 0 Å². The van der Waals surface area contributed by atoms with Crippen LogP contribution in [0.1, 0.15) is 46.5 Å². The number of rotatable bonds is 5. The monoisotopic (exact) mass is 168 g/mol. The van der Waals surface area contributed by atoms with Crippen molar-refractivity contribution in [2.75, 3.05) is 0 Å². The minimum Gasteiger partial charge on any atom is -0.303 e. The normalized spacial score (nSPS) is 31.6.